The number of hydrogen-bond acceptors (Lipinski definition) is 4. The quantitative estimate of drug-likeness (QED) is 0.196. The summed E-state index contributed by atoms with van der Waals surface area (Å²) < 4.78 is 5.49. The molecule has 1 fully saturated rings. The van der Waals surface area contributed by atoms with Crippen molar-refractivity contribution in [1.29, 1.82) is 0 Å². The van der Waals surface area contributed by atoms with Crippen molar-refractivity contribution in [3.05, 3.63) is 72.8 Å². The number of rotatable bonds is 6. The number of ketones is 1. The normalized spacial score (nSPS) is 15.5. The van der Waals surface area contributed by atoms with E-state index in [1.165, 1.54) is 3.57 Å². The zero-order valence-electron chi connectivity index (χ0n) is 17.9. The van der Waals surface area contributed by atoms with Crippen LogP contribution in [0.5, 0.6) is 0 Å². The Morgan fingerprint density at radius 3 is 2.48 bits per heavy atom. The number of carbonyl (C=O) groups is 1. The van der Waals surface area contributed by atoms with E-state index < -0.39 is 0 Å². The number of likely N-dealkylation sites (tertiary alicyclic amines) is 1. The number of piperidine rings is 1. The summed E-state index contributed by atoms with van der Waals surface area (Å²) in [4.78, 5) is 30.4. The average Bonchev–Trinajstić information content (AvgIpc) is 2.82. The number of fused-ring (bicyclic) bond motifs is 1. The molecule has 0 radical (unpaired) electrons. The molecule has 0 bridgehead atoms. The molecule has 0 N–H and O–H groups in total. The van der Waals surface area contributed by atoms with Gasteiger partial charge in [-0.1, -0.05) is 30.3 Å². The summed E-state index contributed by atoms with van der Waals surface area (Å²) in [5.41, 5.74) is 1.71. The summed E-state index contributed by atoms with van der Waals surface area (Å²) in [6.45, 7) is 3.08. The van der Waals surface area contributed by atoms with Crippen molar-refractivity contribution in [2.24, 2.45) is 13.0 Å². The van der Waals surface area contributed by atoms with Gasteiger partial charge in [-0.2, -0.15) is 0 Å². The molecular formula is C24H27IN3O2S-. The first-order valence-electron chi connectivity index (χ1n) is 10.5. The van der Waals surface area contributed by atoms with Crippen molar-refractivity contribution in [2.75, 3.05) is 24.6 Å². The summed E-state index contributed by atoms with van der Waals surface area (Å²) in [6.07, 6.45) is 1.72. The summed E-state index contributed by atoms with van der Waals surface area (Å²) in [6, 6.07) is 15.7. The summed E-state index contributed by atoms with van der Waals surface area (Å²) in [7, 11) is 1.93. The third-order valence-electron chi connectivity index (χ3n) is 6.19. The van der Waals surface area contributed by atoms with Crippen LogP contribution in [0, 0.1) is 14.3 Å². The molecule has 1 saturated heterocycles. The van der Waals surface area contributed by atoms with E-state index in [-0.39, 0.29) is 38.5 Å². The van der Waals surface area contributed by atoms with E-state index in [9.17, 15) is 9.59 Å². The Bertz CT molecular complexity index is 1210. The summed E-state index contributed by atoms with van der Waals surface area (Å²) >= 11 is 5.54. The third kappa shape index (κ3) is 4.68. The van der Waals surface area contributed by atoms with Crippen molar-refractivity contribution in [3.63, 3.8) is 0 Å². The molecule has 2 aromatic carbocycles. The third-order valence-corrected chi connectivity index (χ3v) is 8.60. The molecule has 1 aliphatic rings. The van der Waals surface area contributed by atoms with E-state index >= 15 is 0 Å². The molecule has 0 saturated carbocycles. The van der Waals surface area contributed by atoms with Crippen molar-refractivity contribution < 1.29 is 26.0 Å². The SMILES string of the molecule is C[I-]c1ccc2c(c1)c(=O)n(CCN1CCC(C(=O)c3ccccc3)CC1)c(=S)n2C. The fourth-order valence-corrected chi connectivity index (χ4v) is 5.74. The van der Waals surface area contributed by atoms with E-state index in [1.54, 1.807) is 4.57 Å². The van der Waals surface area contributed by atoms with Crippen molar-refractivity contribution >= 4 is 28.9 Å². The van der Waals surface area contributed by atoms with Crippen LogP contribution in [0.3, 0.4) is 0 Å². The Hall–Kier alpha value is -1.84. The first kappa shape index (κ1) is 22.4. The molecule has 0 atom stereocenters. The van der Waals surface area contributed by atoms with Gasteiger partial charge in [-0.25, -0.2) is 0 Å². The number of Topliss-reactive ketones (excluding diaryl/α,β-unsaturated/α-hetero) is 1. The predicted molar refractivity (Wildman–Crippen MR) is 123 cm³/mol. The van der Waals surface area contributed by atoms with Crippen LogP contribution in [-0.2, 0) is 13.6 Å². The topological polar surface area (TPSA) is 47.2 Å². The average molecular weight is 548 g/mol. The van der Waals surface area contributed by atoms with E-state index in [1.807, 2.05) is 54.1 Å². The predicted octanol–water partition coefficient (Wildman–Crippen LogP) is 0.553. The van der Waals surface area contributed by atoms with Gasteiger partial charge in [-0.3, -0.25) is 4.79 Å². The summed E-state index contributed by atoms with van der Waals surface area (Å²) in [5.74, 6) is 0.338. The van der Waals surface area contributed by atoms with Crippen molar-refractivity contribution in [1.82, 2.24) is 14.0 Å². The van der Waals surface area contributed by atoms with Gasteiger partial charge >= 0.3 is 158 Å². The summed E-state index contributed by atoms with van der Waals surface area (Å²) in [5, 5.41) is 0.752. The Kier molecular flexibility index (Phi) is 7.03. The van der Waals surface area contributed by atoms with Crippen LogP contribution in [-0.4, -0.2) is 44.4 Å². The zero-order valence-corrected chi connectivity index (χ0v) is 20.9. The van der Waals surface area contributed by atoms with E-state index in [4.69, 9.17) is 12.2 Å². The van der Waals surface area contributed by atoms with Crippen molar-refractivity contribution in [3.8, 4) is 0 Å². The Morgan fingerprint density at radius 1 is 1.10 bits per heavy atom. The number of halogens is 1. The number of carbonyl (C=O) groups excluding carboxylic acids is 1. The van der Waals surface area contributed by atoms with E-state index in [0.717, 1.165) is 48.9 Å². The van der Waals surface area contributed by atoms with Crippen LogP contribution in [0.1, 0.15) is 23.2 Å². The standard InChI is InChI=1S/C24H27IN3O2S/c1-25-19-8-9-21-20(16-19)23(30)28(24(31)26(21)2)15-14-27-12-10-18(11-13-27)22(29)17-6-4-3-5-7-17/h3-9,16,18H,10-15H2,1-2H3/q-1. The number of alkyl halides is 1. The van der Waals surface area contributed by atoms with Crippen LogP contribution in [0.25, 0.3) is 10.9 Å². The van der Waals surface area contributed by atoms with Gasteiger partial charge in [0.05, 0.1) is 0 Å². The maximum atomic E-state index is 13.2. The fraction of sp³-hybridized carbons (Fsp3) is 0.375. The van der Waals surface area contributed by atoms with Gasteiger partial charge in [0.1, 0.15) is 0 Å². The Morgan fingerprint density at radius 2 is 1.81 bits per heavy atom. The second-order valence-corrected chi connectivity index (χ2v) is 10.7. The Labute approximate surface area is 198 Å². The van der Waals surface area contributed by atoms with Crippen LogP contribution in [0.4, 0.5) is 0 Å². The second-order valence-electron chi connectivity index (χ2n) is 8.00. The molecule has 7 heteroatoms. The van der Waals surface area contributed by atoms with Crippen LogP contribution < -0.4 is 26.8 Å². The zero-order chi connectivity index (χ0) is 22.0. The number of benzene rings is 2. The van der Waals surface area contributed by atoms with E-state index in [2.05, 4.69) is 15.9 Å². The molecule has 0 amide bonds. The monoisotopic (exact) mass is 548 g/mol. The minimum absolute atomic E-state index is 0.00606. The first-order chi connectivity index (χ1) is 15.0. The van der Waals surface area contributed by atoms with E-state index in [0.29, 0.717) is 11.3 Å². The number of hydrogen-bond donors (Lipinski definition) is 0. The van der Waals surface area contributed by atoms with Gasteiger partial charge in [0, 0.05) is 5.56 Å². The molecule has 0 unspecified atom stereocenters. The molecule has 3 aromatic rings. The van der Waals surface area contributed by atoms with Crippen molar-refractivity contribution in [2.45, 2.75) is 19.4 Å². The van der Waals surface area contributed by atoms with Gasteiger partial charge in [0.25, 0.3) is 0 Å². The molecule has 0 spiro atoms. The molecule has 2 heterocycles. The van der Waals surface area contributed by atoms with Crippen LogP contribution in [0.15, 0.2) is 53.3 Å². The molecule has 1 aliphatic heterocycles. The molecule has 31 heavy (non-hydrogen) atoms. The van der Waals surface area contributed by atoms with Gasteiger partial charge in [-0.05, 0) is 0 Å². The second kappa shape index (κ2) is 9.75. The Balaban J connectivity index is 1.45. The van der Waals surface area contributed by atoms with Gasteiger partial charge < -0.3 is 0 Å². The van der Waals surface area contributed by atoms with Crippen LogP contribution >= 0.6 is 12.2 Å². The molecule has 5 nitrogen and oxygen atoms in total. The molecule has 4 rings (SSSR count). The van der Waals surface area contributed by atoms with Crippen LogP contribution in [0.2, 0.25) is 0 Å². The van der Waals surface area contributed by atoms with Gasteiger partial charge in [0.2, 0.25) is 0 Å². The number of nitrogens with zero attached hydrogens (tertiary/aromatic N) is 3. The molecular weight excluding hydrogens is 521 g/mol. The maximum absolute atomic E-state index is 13.2. The molecule has 0 aliphatic carbocycles. The number of aryl methyl sites for hydroxylation is 1. The minimum atomic E-state index is -0.0716. The fourth-order valence-electron chi connectivity index (χ4n) is 4.30. The molecule has 164 valence electrons. The molecule has 1 aromatic heterocycles. The van der Waals surface area contributed by atoms with Gasteiger partial charge in [-0.15, -0.1) is 0 Å². The van der Waals surface area contributed by atoms with Gasteiger partial charge in [0.15, 0.2) is 0 Å². The number of aromatic nitrogens is 2. The first-order valence-corrected chi connectivity index (χ1v) is 14.2.